The van der Waals surface area contributed by atoms with Crippen LogP contribution in [0.2, 0.25) is 0 Å². The van der Waals surface area contributed by atoms with Gasteiger partial charge in [-0.15, -0.1) is 0 Å². The summed E-state index contributed by atoms with van der Waals surface area (Å²) in [6.45, 7) is 6.78. The largest absolute Gasteiger partial charge is 0.508 e. The molecule has 0 saturated carbocycles. The fraction of sp³-hybridized carbons (Fsp3) is 0.333. The molecule has 1 amide bonds. The number of phenolic OH excluding ortho intramolecular Hbond substituents is 1. The molecule has 31 heavy (non-hydrogen) atoms. The van der Waals surface area contributed by atoms with Crippen molar-refractivity contribution >= 4 is 23.8 Å². The number of carbonyl (C=O) groups excluding carboxylic acids is 1. The average molecular weight is 444 g/mol. The molecule has 0 heterocycles. The molecule has 0 bridgehead atoms. The van der Waals surface area contributed by atoms with E-state index in [1.165, 1.54) is 11.1 Å². The second-order valence-corrected chi connectivity index (χ2v) is 8.36. The zero-order valence-electron chi connectivity index (χ0n) is 18.2. The minimum atomic E-state index is -1.11. The van der Waals surface area contributed by atoms with E-state index in [1.54, 1.807) is 39.8 Å². The first-order valence-corrected chi connectivity index (χ1v) is 10.7. The van der Waals surface area contributed by atoms with Crippen LogP contribution in [0.3, 0.4) is 0 Å². The number of carbonyl (C=O) groups is 2. The van der Waals surface area contributed by atoms with E-state index in [-0.39, 0.29) is 5.75 Å². The van der Waals surface area contributed by atoms with Crippen molar-refractivity contribution in [1.29, 1.82) is 0 Å². The smallest absolute Gasteiger partial charge is 0.408 e. The summed E-state index contributed by atoms with van der Waals surface area (Å²) in [6.07, 6.45) is 0.177. The average Bonchev–Trinajstić information content (AvgIpc) is 2.69. The summed E-state index contributed by atoms with van der Waals surface area (Å²) in [5.41, 5.74) is 1.86. The van der Waals surface area contributed by atoms with Gasteiger partial charge in [0.05, 0.1) is 0 Å². The number of ether oxygens (including phenoxy) is 1. The van der Waals surface area contributed by atoms with Gasteiger partial charge in [-0.3, -0.25) is 0 Å². The maximum Gasteiger partial charge on any atom is 0.408 e. The van der Waals surface area contributed by atoms with Gasteiger partial charge in [0.15, 0.2) is 0 Å². The SMILES string of the molecule is CC#CSCC(NC(=O)OC(C)(C)C)C(=O)O.Oc1ccc(Cc2ccccc2)cc1. The lowest BCUT2D eigenvalue weighted by Crippen LogP contribution is -2.44. The molecular weight excluding hydrogens is 414 g/mol. The molecule has 3 N–H and O–H groups in total. The number of nitrogens with one attached hydrogen (secondary N) is 1. The van der Waals surface area contributed by atoms with Gasteiger partial charge in [0, 0.05) is 5.75 Å². The third-order valence-electron chi connectivity index (χ3n) is 3.60. The highest BCUT2D eigenvalue weighted by Crippen LogP contribution is 2.13. The third kappa shape index (κ3) is 12.2. The van der Waals surface area contributed by atoms with E-state index in [9.17, 15) is 9.59 Å². The number of rotatable bonds is 6. The maximum atomic E-state index is 11.4. The Labute approximate surface area is 188 Å². The number of thioether (sulfide) groups is 1. The molecular formula is C24H29NO5S. The van der Waals surface area contributed by atoms with E-state index >= 15 is 0 Å². The van der Waals surface area contributed by atoms with Crippen LogP contribution >= 0.6 is 11.8 Å². The van der Waals surface area contributed by atoms with Gasteiger partial charge in [-0.2, -0.15) is 0 Å². The highest BCUT2D eigenvalue weighted by molar-refractivity contribution is 8.03. The molecule has 166 valence electrons. The third-order valence-corrected chi connectivity index (χ3v) is 4.45. The van der Waals surface area contributed by atoms with E-state index in [0.29, 0.717) is 5.75 Å². The summed E-state index contributed by atoms with van der Waals surface area (Å²) in [4.78, 5) is 22.2. The molecule has 0 aliphatic rings. The van der Waals surface area contributed by atoms with Crippen LogP contribution in [0.25, 0.3) is 0 Å². The van der Waals surface area contributed by atoms with E-state index < -0.39 is 23.7 Å². The number of alkyl carbamates (subject to hydrolysis) is 1. The van der Waals surface area contributed by atoms with Crippen molar-refractivity contribution < 1.29 is 24.5 Å². The standard InChI is InChI=1S/C13H12O.C11H17NO4S/c14-13-8-6-12(7-9-13)10-11-4-2-1-3-5-11;1-5-6-17-7-8(9(13)14)12-10(15)16-11(2,3)4/h1-9,14H,10H2;8H,7H2,1-4H3,(H,12,15)(H,13,14). The van der Waals surface area contributed by atoms with Crippen molar-refractivity contribution in [3.8, 4) is 16.9 Å². The predicted octanol–water partition coefficient (Wildman–Crippen LogP) is 4.66. The number of phenols is 1. The van der Waals surface area contributed by atoms with Crippen LogP contribution in [-0.2, 0) is 16.0 Å². The Balaban J connectivity index is 0.000000314. The number of hydrogen-bond acceptors (Lipinski definition) is 5. The molecule has 2 rings (SSSR count). The summed E-state index contributed by atoms with van der Waals surface area (Å²) in [5, 5.41) is 23.0. The van der Waals surface area contributed by atoms with E-state index in [0.717, 1.165) is 18.2 Å². The lowest BCUT2D eigenvalue weighted by Gasteiger charge is -2.21. The van der Waals surface area contributed by atoms with Crippen LogP contribution in [0, 0.1) is 11.2 Å². The van der Waals surface area contributed by atoms with Crippen molar-refractivity contribution in [3.05, 3.63) is 65.7 Å². The van der Waals surface area contributed by atoms with Crippen LogP contribution in [0.15, 0.2) is 54.6 Å². The number of carboxylic acid groups (broad SMARTS) is 1. The summed E-state index contributed by atoms with van der Waals surface area (Å²) in [5.74, 6) is 2.02. The van der Waals surface area contributed by atoms with Gasteiger partial charge in [0.1, 0.15) is 17.4 Å². The fourth-order valence-electron chi connectivity index (χ4n) is 2.27. The highest BCUT2D eigenvalue weighted by Gasteiger charge is 2.23. The normalized spacial score (nSPS) is 11.1. The molecule has 0 aromatic heterocycles. The quantitative estimate of drug-likeness (QED) is 0.562. The Morgan fingerprint density at radius 1 is 1.06 bits per heavy atom. The molecule has 0 aliphatic carbocycles. The van der Waals surface area contributed by atoms with Crippen molar-refractivity contribution in [2.75, 3.05) is 5.75 Å². The highest BCUT2D eigenvalue weighted by atomic mass is 32.2. The summed E-state index contributed by atoms with van der Waals surface area (Å²) < 4.78 is 4.97. The minimum absolute atomic E-state index is 0.176. The lowest BCUT2D eigenvalue weighted by molar-refractivity contribution is -0.138. The van der Waals surface area contributed by atoms with Crippen molar-refractivity contribution in [2.45, 2.75) is 45.8 Å². The second-order valence-electron chi connectivity index (χ2n) is 7.53. The summed E-state index contributed by atoms with van der Waals surface area (Å²) in [6, 6.07) is 16.6. The van der Waals surface area contributed by atoms with Crippen molar-refractivity contribution in [2.24, 2.45) is 0 Å². The van der Waals surface area contributed by atoms with Gasteiger partial charge in [0.2, 0.25) is 0 Å². The van der Waals surface area contributed by atoms with Gasteiger partial charge in [-0.05, 0) is 62.6 Å². The van der Waals surface area contributed by atoms with Gasteiger partial charge >= 0.3 is 12.1 Å². The van der Waals surface area contributed by atoms with E-state index in [2.05, 4.69) is 28.6 Å². The molecule has 0 spiro atoms. The molecule has 6 nitrogen and oxygen atoms in total. The number of hydrogen-bond donors (Lipinski definition) is 3. The Morgan fingerprint density at radius 3 is 2.16 bits per heavy atom. The van der Waals surface area contributed by atoms with Crippen LogP contribution in [-0.4, -0.2) is 39.7 Å². The van der Waals surface area contributed by atoms with Gasteiger partial charge < -0.3 is 20.3 Å². The molecule has 0 aliphatic heterocycles. The van der Waals surface area contributed by atoms with E-state index in [1.807, 2.05) is 30.3 Å². The van der Waals surface area contributed by atoms with Crippen molar-refractivity contribution in [3.63, 3.8) is 0 Å². The first-order chi connectivity index (χ1) is 14.6. The predicted molar refractivity (Wildman–Crippen MR) is 124 cm³/mol. The fourth-order valence-corrected chi connectivity index (χ4v) is 2.89. The van der Waals surface area contributed by atoms with Gasteiger partial charge in [-0.25, -0.2) is 9.59 Å². The number of amides is 1. The van der Waals surface area contributed by atoms with Crippen LogP contribution < -0.4 is 5.32 Å². The number of aromatic hydroxyl groups is 1. The molecule has 2 aromatic rings. The number of benzene rings is 2. The topological polar surface area (TPSA) is 95.9 Å². The Morgan fingerprint density at radius 2 is 1.65 bits per heavy atom. The molecule has 2 aromatic carbocycles. The maximum absolute atomic E-state index is 11.4. The zero-order chi connectivity index (χ0) is 23.3. The van der Waals surface area contributed by atoms with Crippen LogP contribution in [0.1, 0.15) is 38.8 Å². The van der Waals surface area contributed by atoms with Gasteiger partial charge in [-0.1, -0.05) is 60.1 Å². The first kappa shape index (κ1) is 25.9. The molecule has 0 saturated heterocycles. The summed E-state index contributed by atoms with van der Waals surface area (Å²) in [7, 11) is 0. The monoisotopic (exact) mass is 443 g/mol. The molecule has 7 heteroatoms. The van der Waals surface area contributed by atoms with Crippen LogP contribution in [0.4, 0.5) is 4.79 Å². The Bertz CT molecular complexity index is 880. The molecule has 0 radical (unpaired) electrons. The lowest BCUT2D eigenvalue weighted by atomic mass is 10.1. The Hall–Kier alpha value is -3.11. The first-order valence-electron chi connectivity index (χ1n) is 9.68. The van der Waals surface area contributed by atoms with Crippen molar-refractivity contribution in [1.82, 2.24) is 5.32 Å². The minimum Gasteiger partial charge on any atom is -0.508 e. The van der Waals surface area contributed by atoms with Gasteiger partial charge in [0.25, 0.3) is 0 Å². The Kier molecular flexibility index (Phi) is 11.1. The molecule has 0 fully saturated rings. The molecule has 1 unspecified atom stereocenters. The zero-order valence-corrected chi connectivity index (χ0v) is 19.0. The number of carboxylic acids is 1. The van der Waals surface area contributed by atoms with E-state index in [4.69, 9.17) is 14.9 Å². The second kappa shape index (κ2) is 13.2. The molecule has 1 atom stereocenters. The number of aliphatic carboxylic acids is 1. The summed E-state index contributed by atoms with van der Waals surface area (Å²) >= 11 is 1.14. The van der Waals surface area contributed by atoms with Crippen LogP contribution in [0.5, 0.6) is 5.75 Å².